The molecule has 0 aromatic heterocycles. The van der Waals surface area contributed by atoms with Crippen LogP contribution in [0.5, 0.6) is 5.75 Å². The molecule has 0 spiro atoms. The smallest absolute Gasteiger partial charge is 0.191 e. The van der Waals surface area contributed by atoms with Crippen LogP contribution >= 0.6 is 0 Å². The Hall–Kier alpha value is -1.76. The number of hydrogen-bond acceptors (Lipinski definition) is 4. The Labute approximate surface area is 157 Å². The number of ether oxygens (including phenoxy) is 1. The fourth-order valence-corrected chi connectivity index (χ4v) is 3.28. The highest BCUT2D eigenvalue weighted by atomic mass is 32.2. The highest BCUT2D eigenvalue weighted by Crippen LogP contribution is 2.30. The second-order valence-corrected chi connectivity index (χ2v) is 10.5. The van der Waals surface area contributed by atoms with E-state index in [1.165, 1.54) is 12.8 Å². The summed E-state index contributed by atoms with van der Waals surface area (Å²) in [5.74, 6) is 2.23. The van der Waals surface area contributed by atoms with Crippen molar-refractivity contribution in [3.63, 3.8) is 0 Å². The molecule has 1 aliphatic carbocycles. The molecule has 7 heteroatoms. The van der Waals surface area contributed by atoms with Crippen molar-refractivity contribution in [3.05, 3.63) is 29.8 Å². The summed E-state index contributed by atoms with van der Waals surface area (Å²) in [7, 11) is -1.48. The zero-order valence-corrected chi connectivity index (χ0v) is 17.0. The van der Waals surface area contributed by atoms with Crippen LogP contribution in [-0.4, -0.2) is 45.1 Å². The predicted octanol–water partition coefficient (Wildman–Crippen LogP) is 2.35. The third-order valence-corrected chi connectivity index (χ3v) is 7.02. The zero-order valence-electron chi connectivity index (χ0n) is 16.2. The summed E-state index contributed by atoms with van der Waals surface area (Å²) in [6, 6.07) is 7.95. The van der Waals surface area contributed by atoms with E-state index < -0.39 is 14.6 Å². The Kier molecular flexibility index (Phi) is 6.92. The molecule has 0 amide bonds. The van der Waals surface area contributed by atoms with Crippen molar-refractivity contribution in [2.75, 3.05) is 26.0 Å². The third-order valence-electron chi connectivity index (χ3n) is 4.41. The van der Waals surface area contributed by atoms with E-state index in [4.69, 9.17) is 4.74 Å². The lowest BCUT2D eigenvalue weighted by atomic mass is 10.2. The molecule has 2 rings (SSSR count). The van der Waals surface area contributed by atoms with Gasteiger partial charge in [-0.15, -0.1) is 0 Å². The topological polar surface area (TPSA) is 79.8 Å². The van der Waals surface area contributed by atoms with Crippen molar-refractivity contribution >= 4 is 15.8 Å². The summed E-state index contributed by atoms with van der Waals surface area (Å²) in [6.07, 6.45) is 2.52. The van der Waals surface area contributed by atoms with Gasteiger partial charge in [-0.3, -0.25) is 4.99 Å². The first kappa shape index (κ1) is 20.6. The lowest BCUT2D eigenvalue weighted by Gasteiger charge is -2.20. The minimum Gasteiger partial charge on any atom is -0.493 e. The van der Waals surface area contributed by atoms with Crippen molar-refractivity contribution in [2.45, 2.75) is 44.9 Å². The second-order valence-electron chi connectivity index (χ2n) is 7.65. The van der Waals surface area contributed by atoms with Gasteiger partial charge in [-0.1, -0.05) is 18.2 Å². The fraction of sp³-hybridized carbons (Fsp3) is 0.632. The van der Waals surface area contributed by atoms with Gasteiger partial charge in [0.1, 0.15) is 5.75 Å². The highest BCUT2D eigenvalue weighted by Gasteiger charge is 2.28. The monoisotopic (exact) mass is 381 g/mol. The first-order valence-electron chi connectivity index (χ1n) is 9.10. The van der Waals surface area contributed by atoms with E-state index in [-0.39, 0.29) is 5.75 Å². The van der Waals surface area contributed by atoms with E-state index in [9.17, 15) is 8.42 Å². The van der Waals surface area contributed by atoms with Gasteiger partial charge in [0, 0.05) is 25.7 Å². The lowest BCUT2D eigenvalue weighted by Crippen LogP contribution is -2.41. The van der Waals surface area contributed by atoms with Gasteiger partial charge in [0.2, 0.25) is 0 Å². The van der Waals surface area contributed by atoms with E-state index in [1.807, 2.05) is 24.3 Å². The molecule has 26 heavy (non-hydrogen) atoms. The number of nitrogens with zero attached hydrogens (tertiary/aromatic N) is 1. The maximum atomic E-state index is 12.2. The third kappa shape index (κ3) is 6.20. The molecule has 0 aliphatic heterocycles. The molecule has 1 aromatic carbocycles. The Morgan fingerprint density at radius 2 is 1.92 bits per heavy atom. The molecule has 0 radical (unpaired) electrons. The van der Waals surface area contributed by atoms with Crippen LogP contribution < -0.4 is 15.4 Å². The van der Waals surface area contributed by atoms with Crippen molar-refractivity contribution in [3.8, 4) is 5.75 Å². The van der Waals surface area contributed by atoms with Gasteiger partial charge < -0.3 is 15.4 Å². The van der Waals surface area contributed by atoms with Gasteiger partial charge in [0.25, 0.3) is 0 Å². The van der Waals surface area contributed by atoms with Gasteiger partial charge in [-0.2, -0.15) is 0 Å². The van der Waals surface area contributed by atoms with E-state index in [0.717, 1.165) is 17.9 Å². The van der Waals surface area contributed by atoms with E-state index in [1.54, 1.807) is 27.8 Å². The minimum absolute atomic E-state index is 0.0677. The van der Waals surface area contributed by atoms with Gasteiger partial charge in [0.05, 0.1) is 17.1 Å². The van der Waals surface area contributed by atoms with Crippen molar-refractivity contribution in [1.82, 2.24) is 10.6 Å². The standard InChI is InChI=1S/C19H31N3O3S/c1-19(2,3)26(23,24)12-11-21-18(20-4)22-13-16-7-5-6-8-17(16)25-14-15-9-10-15/h5-8,15H,9-14H2,1-4H3,(H2,20,21,22). The number of para-hydroxylation sites is 1. The number of benzene rings is 1. The summed E-state index contributed by atoms with van der Waals surface area (Å²) in [6.45, 7) is 6.80. The SMILES string of the molecule is CN=C(NCCS(=O)(=O)C(C)(C)C)NCc1ccccc1OCC1CC1. The molecule has 0 heterocycles. The Morgan fingerprint density at radius 3 is 2.54 bits per heavy atom. The molecule has 2 N–H and O–H groups in total. The quantitative estimate of drug-likeness (QED) is 0.534. The molecule has 6 nitrogen and oxygen atoms in total. The summed E-state index contributed by atoms with van der Waals surface area (Å²) >= 11 is 0. The zero-order chi connectivity index (χ0) is 19.2. The van der Waals surface area contributed by atoms with Crippen LogP contribution in [0.2, 0.25) is 0 Å². The fourth-order valence-electron chi connectivity index (χ4n) is 2.29. The average Bonchev–Trinajstić information content (AvgIpc) is 3.40. The van der Waals surface area contributed by atoms with Crippen molar-refractivity contribution < 1.29 is 13.2 Å². The Balaban J connectivity index is 1.83. The lowest BCUT2D eigenvalue weighted by molar-refractivity contribution is 0.296. The number of nitrogens with one attached hydrogen (secondary N) is 2. The Morgan fingerprint density at radius 1 is 1.23 bits per heavy atom. The van der Waals surface area contributed by atoms with E-state index in [0.29, 0.717) is 25.0 Å². The van der Waals surface area contributed by atoms with Crippen LogP contribution in [0.4, 0.5) is 0 Å². The molecular formula is C19H31N3O3S. The van der Waals surface area contributed by atoms with Crippen LogP contribution in [0.3, 0.4) is 0 Å². The largest absolute Gasteiger partial charge is 0.493 e. The summed E-state index contributed by atoms with van der Waals surface area (Å²) in [5.41, 5.74) is 1.05. The molecule has 1 aromatic rings. The summed E-state index contributed by atoms with van der Waals surface area (Å²) < 4.78 is 29.5. The van der Waals surface area contributed by atoms with Crippen molar-refractivity contribution in [1.29, 1.82) is 0 Å². The molecule has 146 valence electrons. The second kappa shape index (κ2) is 8.75. The first-order valence-corrected chi connectivity index (χ1v) is 10.8. The molecule has 0 unspecified atom stereocenters. The number of hydrogen-bond donors (Lipinski definition) is 2. The number of guanidine groups is 1. The van der Waals surface area contributed by atoms with Crippen LogP contribution in [-0.2, 0) is 16.4 Å². The minimum atomic E-state index is -3.15. The van der Waals surface area contributed by atoms with Gasteiger partial charge in [0.15, 0.2) is 15.8 Å². The molecule has 1 saturated carbocycles. The van der Waals surface area contributed by atoms with Gasteiger partial charge in [-0.25, -0.2) is 8.42 Å². The number of rotatable bonds is 8. The van der Waals surface area contributed by atoms with Gasteiger partial charge >= 0.3 is 0 Å². The molecular weight excluding hydrogens is 350 g/mol. The highest BCUT2D eigenvalue weighted by molar-refractivity contribution is 7.92. The van der Waals surface area contributed by atoms with Crippen LogP contribution in [0.25, 0.3) is 0 Å². The van der Waals surface area contributed by atoms with Crippen molar-refractivity contribution in [2.24, 2.45) is 10.9 Å². The Bertz CT molecular complexity index is 720. The van der Waals surface area contributed by atoms with Crippen LogP contribution in [0, 0.1) is 5.92 Å². The summed E-state index contributed by atoms with van der Waals surface area (Å²) in [4.78, 5) is 4.16. The predicted molar refractivity (Wildman–Crippen MR) is 106 cm³/mol. The normalized spacial score (nSPS) is 15.6. The summed E-state index contributed by atoms with van der Waals surface area (Å²) in [5, 5.41) is 6.28. The van der Waals surface area contributed by atoms with Gasteiger partial charge in [-0.05, 0) is 45.6 Å². The number of aliphatic imine (C=N–C) groups is 1. The molecule has 1 aliphatic rings. The molecule has 0 atom stereocenters. The molecule has 0 bridgehead atoms. The van der Waals surface area contributed by atoms with Crippen LogP contribution in [0.1, 0.15) is 39.2 Å². The maximum Gasteiger partial charge on any atom is 0.191 e. The molecule has 1 fully saturated rings. The van der Waals surface area contributed by atoms with E-state index in [2.05, 4.69) is 15.6 Å². The van der Waals surface area contributed by atoms with Crippen LogP contribution in [0.15, 0.2) is 29.3 Å². The average molecular weight is 382 g/mol. The first-order chi connectivity index (χ1) is 12.2. The van der Waals surface area contributed by atoms with E-state index >= 15 is 0 Å². The number of sulfone groups is 1. The molecule has 0 saturated heterocycles. The maximum absolute atomic E-state index is 12.2.